The highest BCUT2D eigenvalue weighted by atomic mass is 16.2. The van der Waals surface area contributed by atoms with Crippen molar-refractivity contribution in [3.63, 3.8) is 0 Å². The normalized spacial score (nSPS) is 22.8. The molecule has 1 saturated heterocycles. The van der Waals surface area contributed by atoms with Gasteiger partial charge in [-0.15, -0.1) is 0 Å². The Bertz CT molecular complexity index is 218. The van der Waals surface area contributed by atoms with Crippen LogP contribution in [0.25, 0.3) is 0 Å². The molecule has 2 atom stereocenters. The van der Waals surface area contributed by atoms with E-state index in [0.29, 0.717) is 11.9 Å². The molecule has 3 heteroatoms. The second-order valence-electron chi connectivity index (χ2n) is 4.86. The number of carbonyl (C=O) groups excluding carboxylic acids is 1. The molecule has 16 heavy (non-hydrogen) atoms. The van der Waals surface area contributed by atoms with Crippen LogP contribution in [0.1, 0.15) is 59.3 Å². The lowest BCUT2D eigenvalue weighted by atomic mass is 10.1. The smallest absolute Gasteiger partial charge is 0.241 e. The Kier molecular flexibility index (Phi) is 5.81. The molecule has 0 bridgehead atoms. The number of hydrogen-bond donors (Lipinski definition) is 1. The summed E-state index contributed by atoms with van der Waals surface area (Å²) >= 11 is 0. The first-order chi connectivity index (χ1) is 7.70. The van der Waals surface area contributed by atoms with Crippen LogP contribution in [-0.4, -0.2) is 29.6 Å². The number of nitrogens with zero attached hydrogens (tertiary/aromatic N) is 1. The van der Waals surface area contributed by atoms with Gasteiger partial charge in [-0.25, -0.2) is 0 Å². The molecule has 1 N–H and O–H groups in total. The van der Waals surface area contributed by atoms with E-state index in [1.54, 1.807) is 0 Å². The molecule has 1 heterocycles. The number of amides is 1. The molecule has 1 amide bonds. The molecular weight excluding hydrogens is 200 g/mol. The molecule has 2 unspecified atom stereocenters. The summed E-state index contributed by atoms with van der Waals surface area (Å²) in [5.74, 6) is 0.311. The SMILES string of the molecule is CCCCCC(C)N1CNC(CCC)C1=O. The third-order valence-electron chi connectivity index (χ3n) is 3.42. The highest BCUT2D eigenvalue weighted by Gasteiger charge is 2.32. The van der Waals surface area contributed by atoms with Crippen LogP contribution in [0.3, 0.4) is 0 Å². The van der Waals surface area contributed by atoms with Gasteiger partial charge in [0.15, 0.2) is 0 Å². The molecular formula is C13H26N2O. The van der Waals surface area contributed by atoms with Gasteiger partial charge >= 0.3 is 0 Å². The van der Waals surface area contributed by atoms with E-state index in [1.807, 2.05) is 4.90 Å². The summed E-state index contributed by atoms with van der Waals surface area (Å²) in [6.45, 7) is 7.26. The molecule has 0 aromatic heterocycles. The lowest BCUT2D eigenvalue weighted by molar-refractivity contribution is -0.130. The maximum absolute atomic E-state index is 12.0. The summed E-state index contributed by atoms with van der Waals surface area (Å²) in [5.41, 5.74) is 0. The van der Waals surface area contributed by atoms with E-state index in [1.165, 1.54) is 19.3 Å². The van der Waals surface area contributed by atoms with Crippen molar-refractivity contribution in [3.8, 4) is 0 Å². The van der Waals surface area contributed by atoms with E-state index in [2.05, 4.69) is 26.1 Å². The first-order valence-corrected chi connectivity index (χ1v) is 6.74. The van der Waals surface area contributed by atoms with Crippen LogP contribution in [0.5, 0.6) is 0 Å². The van der Waals surface area contributed by atoms with E-state index >= 15 is 0 Å². The van der Waals surface area contributed by atoms with Crippen LogP contribution in [0.15, 0.2) is 0 Å². The molecule has 3 nitrogen and oxygen atoms in total. The standard InChI is InChI=1S/C13H26N2O/c1-4-6-7-9-11(3)15-10-14-12(8-5-2)13(15)16/h11-12,14H,4-10H2,1-3H3. The zero-order valence-electron chi connectivity index (χ0n) is 11.0. The van der Waals surface area contributed by atoms with Crippen molar-refractivity contribution < 1.29 is 4.79 Å². The van der Waals surface area contributed by atoms with Crippen LogP contribution in [0.2, 0.25) is 0 Å². The van der Waals surface area contributed by atoms with Crippen molar-refractivity contribution in [2.45, 2.75) is 71.4 Å². The van der Waals surface area contributed by atoms with Gasteiger partial charge in [0.05, 0.1) is 12.7 Å². The number of nitrogens with one attached hydrogen (secondary N) is 1. The van der Waals surface area contributed by atoms with Gasteiger partial charge in [0.1, 0.15) is 0 Å². The van der Waals surface area contributed by atoms with Gasteiger partial charge in [0.25, 0.3) is 0 Å². The summed E-state index contributed by atoms with van der Waals surface area (Å²) in [6, 6.07) is 0.479. The average molecular weight is 226 g/mol. The van der Waals surface area contributed by atoms with Crippen LogP contribution < -0.4 is 5.32 Å². The molecule has 1 rings (SSSR count). The Balaban J connectivity index is 2.34. The number of carbonyl (C=O) groups is 1. The van der Waals surface area contributed by atoms with Crippen molar-refractivity contribution in [2.24, 2.45) is 0 Å². The monoisotopic (exact) mass is 226 g/mol. The van der Waals surface area contributed by atoms with Crippen LogP contribution in [-0.2, 0) is 4.79 Å². The van der Waals surface area contributed by atoms with Crippen molar-refractivity contribution in [2.75, 3.05) is 6.67 Å². The van der Waals surface area contributed by atoms with E-state index < -0.39 is 0 Å². The third-order valence-corrected chi connectivity index (χ3v) is 3.42. The Morgan fingerprint density at radius 2 is 2.12 bits per heavy atom. The predicted octanol–water partition coefficient (Wildman–Crippen LogP) is 2.51. The fraction of sp³-hybridized carbons (Fsp3) is 0.923. The molecule has 0 aromatic rings. The second kappa shape index (κ2) is 6.89. The van der Waals surface area contributed by atoms with Gasteiger partial charge in [0, 0.05) is 6.04 Å². The Labute approximate surface area is 99.6 Å². The number of hydrogen-bond acceptors (Lipinski definition) is 2. The minimum Gasteiger partial charge on any atom is -0.326 e. The van der Waals surface area contributed by atoms with Gasteiger partial charge in [-0.05, 0) is 19.8 Å². The number of unbranched alkanes of at least 4 members (excludes halogenated alkanes) is 2. The molecule has 1 fully saturated rings. The van der Waals surface area contributed by atoms with E-state index in [-0.39, 0.29) is 6.04 Å². The summed E-state index contributed by atoms with van der Waals surface area (Å²) in [7, 11) is 0. The van der Waals surface area contributed by atoms with Gasteiger partial charge in [0.2, 0.25) is 5.91 Å². The van der Waals surface area contributed by atoms with Crippen LogP contribution in [0, 0.1) is 0 Å². The first kappa shape index (κ1) is 13.5. The molecule has 1 aliphatic rings. The van der Waals surface area contributed by atoms with Crippen molar-refractivity contribution >= 4 is 5.91 Å². The Morgan fingerprint density at radius 1 is 1.38 bits per heavy atom. The summed E-state index contributed by atoms with van der Waals surface area (Å²) < 4.78 is 0. The predicted molar refractivity (Wildman–Crippen MR) is 67.1 cm³/mol. The molecule has 1 aliphatic heterocycles. The van der Waals surface area contributed by atoms with Gasteiger partial charge in [-0.1, -0.05) is 39.5 Å². The fourth-order valence-electron chi connectivity index (χ4n) is 2.31. The van der Waals surface area contributed by atoms with Crippen LogP contribution in [0.4, 0.5) is 0 Å². The lowest BCUT2D eigenvalue weighted by Gasteiger charge is -2.23. The molecule has 0 radical (unpaired) electrons. The van der Waals surface area contributed by atoms with Crippen LogP contribution >= 0.6 is 0 Å². The molecule has 0 aliphatic carbocycles. The summed E-state index contributed by atoms with van der Waals surface area (Å²) in [6.07, 6.45) is 6.94. The van der Waals surface area contributed by atoms with Gasteiger partial charge in [-0.2, -0.15) is 0 Å². The van der Waals surface area contributed by atoms with Gasteiger partial charge < -0.3 is 4.90 Å². The quantitative estimate of drug-likeness (QED) is 0.677. The van der Waals surface area contributed by atoms with Crippen molar-refractivity contribution in [3.05, 3.63) is 0 Å². The molecule has 0 saturated carbocycles. The zero-order chi connectivity index (χ0) is 12.0. The largest absolute Gasteiger partial charge is 0.326 e. The van der Waals surface area contributed by atoms with E-state index in [0.717, 1.165) is 25.9 Å². The number of rotatable bonds is 7. The minimum atomic E-state index is 0.0821. The van der Waals surface area contributed by atoms with Gasteiger partial charge in [-0.3, -0.25) is 10.1 Å². The van der Waals surface area contributed by atoms with E-state index in [9.17, 15) is 4.79 Å². The molecule has 94 valence electrons. The first-order valence-electron chi connectivity index (χ1n) is 6.74. The molecule has 0 aromatic carbocycles. The summed E-state index contributed by atoms with van der Waals surface area (Å²) in [4.78, 5) is 14.0. The second-order valence-corrected chi connectivity index (χ2v) is 4.86. The molecule has 0 spiro atoms. The third kappa shape index (κ3) is 3.48. The Morgan fingerprint density at radius 3 is 2.75 bits per heavy atom. The minimum absolute atomic E-state index is 0.0821. The Hall–Kier alpha value is -0.570. The zero-order valence-corrected chi connectivity index (χ0v) is 11.0. The highest BCUT2D eigenvalue weighted by Crippen LogP contribution is 2.16. The topological polar surface area (TPSA) is 32.3 Å². The average Bonchev–Trinajstić information content (AvgIpc) is 2.62. The van der Waals surface area contributed by atoms with Crippen molar-refractivity contribution in [1.29, 1.82) is 0 Å². The maximum Gasteiger partial charge on any atom is 0.241 e. The van der Waals surface area contributed by atoms with Crippen molar-refractivity contribution in [1.82, 2.24) is 10.2 Å². The van der Waals surface area contributed by atoms with E-state index in [4.69, 9.17) is 0 Å². The highest BCUT2D eigenvalue weighted by molar-refractivity contribution is 5.83. The maximum atomic E-state index is 12.0. The fourth-order valence-corrected chi connectivity index (χ4v) is 2.31. The summed E-state index contributed by atoms with van der Waals surface area (Å²) in [5, 5.41) is 3.31. The lowest BCUT2D eigenvalue weighted by Crippen LogP contribution is -2.36.